The minimum Gasteiger partial charge on any atom is -0.543 e. The molecule has 20 heteroatoms. The van der Waals surface area contributed by atoms with E-state index in [2.05, 4.69) is 30.7 Å². The van der Waals surface area contributed by atoms with Crippen LogP contribution < -0.4 is 44.7 Å². The van der Waals surface area contributed by atoms with E-state index in [1.54, 1.807) is 7.05 Å². The van der Waals surface area contributed by atoms with E-state index in [0.717, 1.165) is 23.3 Å². The maximum Gasteiger partial charge on any atom is 1.00 e. The second-order valence-electron chi connectivity index (χ2n) is 8.03. The molecule has 0 bridgehead atoms. The zero-order chi connectivity index (χ0) is 27.8. The molecule has 2 aromatic rings. The van der Waals surface area contributed by atoms with E-state index in [1.807, 2.05) is 0 Å². The number of β-lactam (4-membered cyclic amide) rings is 1. The third kappa shape index (κ3) is 6.49. The monoisotopic (exact) mass is 606 g/mol. The van der Waals surface area contributed by atoms with Crippen molar-refractivity contribution >= 4 is 62.7 Å². The first-order chi connectivity index (χ1) is 17.9. The SMILES string of the molecule is Cn1nnnc1SCC1=C(C(=O)[O-])N2C(=O)C(NC(=O)/C(=N\O)c3ccc(O)c(NS(C)(=O)=O)c3)C2SC1.[Na+]. The second kappa shape index (κ2) is 12.1. The number of aryl methyl sites for hydroxylation is 1. The number of aromatic nitrogens is 4. The Hall–Kier alpha value is -2.84. The average molecular weight is 607 g/mol. The van der Waals surface area contributed by atoms with E-state index in [1.165, 1.54) is 34.3 Å². The molecule has 202 valence electrons. The number of carbonyl (C=O) groups is 3. The molecule has 4 N–H and O–H groups in total. The quantitative estimate of drug-likeness (QED) is 0.0398. The molecule has 1 aromatic heterocycles. The van der Waals surface area contributed by atoms with Gasteiger partial charge >= 0.3 is 29.6 Å². The summed E-state index contributed by atoms with van der Waals surface area (Å²) in [6.45, 7) is 0. The van der Waals surface area contributed by atoms with Crippen molar-refractivity contribution < 1.29 is 67.8 Å². The van der Waals surface area contributed by atoms with Gasteiger partial charge in [0, 0.05) is 24.1 Å². The van der Waals surface area contributed by atoms with Crippen molar-refractivity contribution in [2.75, 3.05) is 22.5 Å². The number of rotatable bonds is 9. The summed E-state index contributed by atoms with van der Waals surface area (Å²) >= 11 is 2.40. The Morgan fingerprint density at radius 1 is 1.36 bits per heavy atom. The summed E-state index contributed by atoms with van der Waals surface area (Å²) in [5.41, 5.74) is -0.776. The van der Waals surface area contributed by atoms with Gasteiger partial charge in [0.05, 0.1) is 23.6 Å². The van der Waals surface area contributed by atoms with Crippen molar-refractivity contribution in [2.24, 2.45) is 12.2 Å². The molecule has 3 heterocycles. The van der Waals surface area contributed by atoms with Crippen molar-refractivity contribution in [1.82, 2.24) is 30.4 Å². The molecule has 0 aliphatic carbocycles. The number of carbonyl (C=O) groups excluding carboxylic acids is 3. The Kier molecular flexibility index (Phi) is 9.55. The fourth-order valence-electron chi connectivity index (χ4n) is 3.69. The molecule has 0 spiro atoms. The number of thioether (sulfide) groups is 2. The minimum atomic E-state index is -3.78. The second-order valence-corrected chi connectivity index (χ2v) is 11.8. The van der Waals surface area contributed by atoms with Crippen LogP contribution in [0.25, 0.3) is 0 Å². The first-order valence-electron chi connectivity index (χ1n) is 10.5. The third-order valence-electron chi connectivity index (χ3n) is 5.36. The number of amides is 2. The number of aliphatic carboxylic acids is 1. The average Bonchev–Trinajstić information content (AvgIpc) is 3.26. The van der Waals surface area contributed by atoms with Crippen molar-refractivity contribution in [1.29, 1.82) is 0 Å². The number of aromatic hydroxyl groups is 1. The van der Waals surface area contributed by atoms with Crippen LogP contribution in [0.5, 0.6) is 5.75 Å². The number of carboxylic acids is 1. The van der Waals surface area contributed by atoms with Crippen molar-refractivity contribution in [3.05, 3.63) is 35.0 Å². The summed E-state index contributed by atoms with van der Waals surface area (Å²) in [6.07, 6.45) is 0.856. The Balaban J connectivity index is 0.00000420. The number of anilines is 1. The molecule has 0 saturated carbocycles. The predicted molar refractivity (Wildman–Crippen MR) is 131 cm³/mol. The van der Waals surface area contributed by atoms with Gasteiger partial charge in [-0.1, -0.05) is 16.9 Å². The van der Waals surface area contributed by atoms with Crippen LogP contribution in [0.15, 0.2) is 39.8 Å². The standard InChI is InChI=1S/C19H20N8O8S3.Na/c1-26-19(21-24-25-26)37-7-9-6-36-17-13(16(30)27(17)14(9)18(31)32)20-15(29)12(22-33)8-3-4-11(28)10(5-8)23-38(2,34)35;/h3-5,13,17,23,28,33H,6-7H2,1-2H3,(H,20,29)(H,31,32);/q;+1/p-1/b22-12-;. The van der Waals surface area contributed by atoms with Crippen LogP contribution in [0, 0.1) is 0 Å². The van der Waals surface area contributed by atoms with Gasteiger partial charge in [-0.2, -0.15) is 0 Å². The van der Waals surface area contributed by atoms with Gasteiger partial charge in [0.25, 0.3) is 11.8 Å². The van der Waals surface area contributed by atoms with E-state index >= 15 is 0 Å². The predicted octanol–water partition coefficient (Wildman–Crippen LogP) is -5.33. The molecule has 1 aromatic carbocycles. The summed E-state index contributed by atoms with van der Waals surface area (Å²) in [7, 11) is -2.15. The number of phenolic OH excluding ortho intramolecular Hbond substituents is 1. The van der Waals surface area contributed by atoms with Gasteiger partial charge in [-0.15, -0.1) is 16.9 Å². The van der Waals surface area contributed by atoms with E-state index in [9.17, 15) is 38.2 Å². The van der Waals surface area contributed by atoms with Gasteiger partial charge < -0.3 is 25.5 Å². The van der Waals surface area contributed by atoms with Gasteiger partial charge in [-0.25, -0.2) is 13.1 Å². The molecule has 0 radical (unpaired) electrons. The Morgan fingerprint density at radius 3 is 2.67 bits per heavy atom. The van der Waals surface area contributed by atoms with E-state index < -0.39 is 50.7 Å². The molecular weight excluding hydrogens is 587 g/mol. The molecule has 2 aliphatic rings. The van der Waals surface area contributed by atoms with Crippen molar-refractivity contribution in [2.45, 2.75) is 16.6 Å². The number of oxime groups is 1. The minimum absolute atomic E-state index is 0. The van der Waals surface area contributed by atoms with Crippen LogP contribution in [-0.2, 0) is 31.5 Å². The molecule has 1 fully saturated rings. The third-order valence-corrected chi connectivity index (χ3v) is 8.39. The fraction of sp³-hybridized carbons (Fsp3) is 0.316. The first-order valence-corrected chi connectivity index (χ1v) is 14.4. The molecule has 2 unspecified atom stereocenters. The molecular formula is C19H19N8NaO8S3. The number of tetrazole rings is 1. The summed E-state index contributed by atoms with van der Waals surface area (Å²) < 4.78 is 26.5. The number of nitrogens with zero attached hydrogens (tertiary/aromatic N) is 6. The maximum atomic E-state index is 12.9. The number of sulfonamides is 1. The molecule has 2 aliphatic heterocycles. The molecule has 2 atom stereocenters. The van der Waals surface area contributed by atoms with Gasteiger partial charge in [-0.05, 0) is 34.2 Å². The molecule has 4 rings (SSSR count). The van der Waals surface area contributed by atoms with E-state index in [4.69, 9.17) is 0 Å². The molecule has 39 heavy (non-hydrogen) atoms. The summed E-state index contributed by atoms with van der Waals surface area (Å²) in [6, 6.07) is 2.22. The normalized spacial score (nSPS) is 19.1. The van der Waals surface area contributed by atoms with Crippen LogP contribution in [0.4, 0.5) is 5.69 Å². The van der Waals surface area contributed by atoms with E-state index in [0.29, 0.717) is 10.7 Å². The van der Waals surface area contributed by atoms with E-state index in [-0.39, 0.29) is 58.0 Å². The molecule has 2 amide bonds. The number of nitrogens with one attached hydrogen (secondary N) is 2. The number of benzene rings is 1. The van der Waals surface area contributed by atoms with Crippen molar-refractivity contribution in [3.63, 3.8) is 0 Å². The zero-order valence-electron chi connectivity index (χ0n) is 20.6. The van der Waals surface area contributed by atoms with Crippen LogP contribution in [0.2, 0.25) is 0 Å². The first kappa shape index (κ1) is 30.7. The van der Waals surface area contributed by atoms with Crippen LogP contribution in [0.1, 0.15) is 5.56 Å². The summed E-state index contributed by atoms with van der Waals surface area (Å²) in [5, 5.41) is 47.4. The number of fused-ring (bicyclic) bond motifs is 1. The van der Waals surface area contributed by atoms with Gasteiger partial charge in [0.2, 0.25) is 15.2 Å². The van der Waals surface area contributed by atoms with Crippen molar-refractivity contribution in [3.8, 4) is 5.75 Å². The molecule has 1 saturated heterocycles. The Bertz CT molecular complexity index is 1500. The number of phenols is 1. The Labute approximate surface area is 251 Å². The van der Waals surface area contributed by atoms with Gasteiger partial charge in [0.1, 0.15) is 17.2 Å². The number of hydrogen-bond donors (Lipinski definition) is 4. The summed E-state index contributed by atoms with van der Waals surface area (Å²) in [5.74, 6) is -3.28. The molecule has 16 nitrogen and oxygen atoms in total. The number of hydrogen-bond acceptors (Lipinski definition) is 14. The number of carboxylic acid groups (broad SMARTS) is 1. The maximum absolute atomic E-state index is 12.9. The smallest absolute Gasteiger partial charge is 0.543 e. The topological polar surface area (TPSA) is 232 Å². The largest absolute Gasteiger partial charge is 1.00 e. The van der Waals surface area contributed by atoms with Crippen LogP contribution in [-0.4, -0.2) is 96.5 Å². The summed E-state index contributed by atoms with van der Waals surface area (Å²) in [4.78, 5) is 38.7. The van der Waals surface area contributed by atoms with Crippen LogP contribution in [0.3, 0.4) is 0 Å². The van der Waals surface area contributed by atoms with Gasteiger partial charge in [0.15, 0.2) is 5.71 Å². The zero-order valence-corrected chi connectivity index (χ0v) is 25.0. The Morgan fingerprint density at radius 2 is 2.08 bits per heavy atom. The fourth-order valence-corrected chi connectivity index (χ4v) is 6.58. The van der Waals surface area contributed by atoms with Crippen LogP contribution >= 0.6 is 23.5 Å². The van der Waals surface area contributed by atoms with Gasteiger partial charge in [-0.3, -0.25) is 19.2 Å².